The van der Waals surface area contributed by atoms with Crippen LogP contribution in [-0.2, 0) is 22.4 Å². The molecule has 0 spiro atoms. The minimum atomic E-state index is -0.224. The predicted molar refractivity (Wildman–Crippen MR) is 216 cm³/mol. The number of rotatable bonds is 18. The van der Waals surface area contributed by atoms with Crippen molar-refractivity contribution in [3.63, 3.8) is 0 Å². The fourth-order valence-corrected chi connectivity index (χ4v) is 6.56. The van der Waals surface area contributed by atoms with E-state index in [1.54, 1.807) is 28.9 Å². The SMILES string of the molecule is Cc1ccc2oc(-c3ccc(OCCCCc4cn(CCOCCOCCOc5ccc(-c6cc(=O)c7cc(Cl)cc(Cl)c7o6)cc5)nn4)cc3)cc(=O)c2c1. The number of aryl methyl sites for hydroxylation is 2. The lowest BCUT2D eigenvalue weighted by molar-refractivity contribution is 0.0333. The second-order valence-corrected chi connectivity index (χ2v) is 14.0. The van der Waals surface area contributed by atoms with E-state index in [1.165, 1.54) is 12.1 Å². The summed E-state index contributed by atoms with van der Waals surface area (Å²) in [5.41, 5.74) is 4.07. The summed E-state index contributed by atoms with van der Waals surface area (Å²) >= 11 is 12.3. The molecule has 3 heterocycles. The number of benzene rings is 4. The molecule has 11 nitrogen and oxygen atoms in total. The van der Waals surface area contributed by atoms with Gasteiger partial charge in [-0.2, -0.15) is 0 Å². The van der Waals surface area contributed by atoms with Gasteiger partial charge in [0.25, 0.3) is 0 Å². The smallest absolute Gasteiger partial charge is 0.193 e. The molecule has 0 bridgehead atoms. The van der Waals surface area contributed by atoms with Crippen molar-refractivity contribution in [1.82, 2.24) is 15.0 Å². The molecule has 0 amide bonds. The van der Waals surface area contributed by atoms with Crippen LogP contribution in [0.15, 0.2) is 116 Å². The van der Waals surface area contributed by atoms with Gasteiger partial charge in [0, 0.05) is 34.5 Å². The highest BCUT2D eigenvalue weighted by atomic mass is 35.5. The van der Waals surface area contributed by atoms with Crippen LogP contribution in [-0.4, -0.2) is 54.6 Å². The van der Waals surface area contributed by atoms with Crippen molar-refractivity contribution in [3.05, 3.63) is 139 Å². The third kappa shape index (κ3) is 10.0. The zero-order valence-corrected chi connectivity index (χ0v) is 32.2. The van der Waals surface area contributed by atoms with Crippen LogP contribution in [0.2, 0.25) is 10.0 Å². The number of hydrogen-bond acceptors (Lipinski definition) is 10. The normalized spacial score (nSPS) is 11.4. The molecule has 3 aromatic heterocycles. The van der Waals surface area contributed by atoms with Gasteiger partial charge in [0.1, 0.15) is 35.2 Å². The molecule has 0 saturated heterocycles. The largest absolute Gasteiger partial charge is 0.494 e. The number of aromatic nitrogens is 3. The average molecular weight is 797 g/mol. The quantitative estimate of drug-likeness (QED) is 0.0777. The number of halogens is 2. The lowest BCUT2D eigenvalue weighted by Gasteiger charge is -2.09. The van der Waals surface area contributed by atoms with Gasteiger partial charge in [0.05, 0.1) is 61.1 Å². The van der Waals surface area contributed by atoms with E-state index in [4.69, 9.17) is 51.0 Å². The Balaban J connectivity index is 0.729. The molecule has 0 atom stereocenters. The van der Waals surface area contributed by atoms with Gasteiger partial charge in [-0.25, -0.2) is 4.68 Å². The molecule has 0 N–H and O–H groups in total. The number of unbranched alkanes of at least 4 members (excludes halogenated alkanes) is 1. The van der Waals surface area contributed by atoms with Crippen molar-refractivity contribution in [3.8, 4) is 34.1 Å². The van der Waals surface area contributed by atoms with Crippen LogP contribution in [0.4, 0.5) is 0 Å². The van der Waals surface area contributed by atoms with Crippen molar-refractivity contribution in [2.45, 2.75) is 32.7 Å². The maximum atomic E-state index is 12.6. The second kappa shape index (κ2) is 18.4. The van der Waals surface area contributed by atoms with Gasteiger partial charge in [-0.15, -0.1) is 5.10 Å². The highest BCUT2D eigenvalue weighted by Gasteiger charge is 2.12. The summed E-state index contributed by atoms with van der Waals surface area (Å²) in [7, 11) is 0. The minimum Gasteiger partial charge on any atom is -0.494 e. The standard InChI is InChI=1S/C43H39Cl2N3O8/c1-28-5-14-40-35(22-28)38(49)25-41(55-40)29-6-10-33(11-7-29)53-16-3-2-4-32-27-48(47-46-32)15-17-51-18-19-52-20-21-54-34-12-8-30(9-13-34)42-26-39(50)36-23-31(44)24-37(45)43(36)56-42/h5-14,22-27H,2-4,15-21H2,1H3. The molecular formula is C43H39Cl2N3O8. The molecule has 56 heavy (non-hydrogen) atoms. The predicted octanol–water partition coefficient (Wildman–Crippen LogP) is 8.95. The summed E-state index contributed by atoms with van der Waals surface area (Å²) in [5.74, 6) is 2.35. The molecular weight excluding hydrogens is 757 g/mol. The lowest BCUT2D eigenvalue weighted by atomic mass is 10.1. The summed E-state index contributed by atoms with van der Waals surface area (Å²) in [4.78, 5) is 25.2. The molecule has 0 radical (unpaired) electrons. The van der Waals surface area contributed by atoms with E-state index in [0.29, 0.717) is 96.0 Å². The van der Waals surface area contributed by atoms with Crippen LogP contribution in [0.25, 0.3) is 44.6 Å². The summed E-state index contributed by atoms with van der Waals surface area (Å²) in [6.07, 6.45) is 4.53. The molecule has 0 unspecified atom stereocenters. The van der Waals surface area contributed by atoms with Crippen molar-refractivity contribution >= 4 is 45.1 Å². The monoisotopic (exact) mass is 795 g/mol. The third-order valence-corrected chi connectivity index (χ3v) is 9.42. The van der Waals surface area contributed by atoms with Gasteiger partial charge in [-0.05, 0) is 99.0 Å². The van der Waals surface area contributed by atoms with Crippen molar-refractivity contribution < 1.29 is 27.8 Å². The summed E-state index contributed by atoms with van der Waals surface area (Å²) in [5, 5.41) is 10.0. The van der Waals surface area contributed by atoms with Crippen molar-refractivity contribution in [2.75, 3.05) is 39.6 Å². The third-order valence-electron chi connectivity index (χ3n) is 8.92. The first-order chi connectivity index (χ1) is 27.3. The Morgan fingerprint density at radius 2 is 1.30 bits per heavy atom. The molecule has 13 heteroatoms. The zero-order chi connectivity index (χ0) is 38.9. The van der Waals surface area contributed by atoms with E-state index in [9.17, 15) is 9.59 Å². The van der Waals surface area contributed by atoms with E-state index in [1.807, 2.05) is 67.7 Å². The van der Waals surface area contributed by atoms with E-state index in [0.717, 1.165) is 41.8 Å². The Bertz CT molecular complexity index is 2530. The average Bonchev–Trinajstić information content (AvgIpc) is 3.65. The molecule has 7 rings (SSSR count). The highest BCUT2D eigenvalue weighted by molar-refractivity contribution is 6.38. The Kier molecular flexibility index (Phi) is 12.8. The molecule has 0 saturated carbocycles. The number of ether oxygens (including phenoxy) is 4. The highest BCUT2D eigenvalue weighted by Crippen LogP contribution is 2.31. The van der Waals surface area contributed by atoms with E-state index >= 15 is 0 Å². The van der Waals surface area contributed by atoms with E-state index in [-0.39, 0.29) is 15.9 Å². The number of fused-ring (bicyclic) bond motifs is 2. The topological polar surface area (TPSA) is 128 Å². The maximum Gasteiger partial charge on any atom is 0.193 e. The Labute approximate surface area is 332 Å². The number of nitrogens with zero attached hydrogens (tertiary/aromatic N) is 3. The zero-order valence-electron chi connectivity index (χ0n) is 30.7. The van der Waals surface area contributed by atoms with Gasteiger partial charge >= 0.3 is 0 Å². The second-order valence-electron chi connectivity index (χ2n) is 13.1. The molecule has 0 aliphatic rings. The molecule has 0 fully saturated rings. The molecule has 0 aliphatic heterocycles. The van der Waals surface area contributed by atoms with Gasteiger partial charge < -0.3 is 27.8 Å². The molecule has 4 aromatic carbocycles. The van der Waals surface area contributed by atoms with Crippen LogP contribution in [0, 0.1) is 6.92 Å². The number of hydrogen-bond donors (Lipinski definition) is 0. The van der Waals surface area contributed by atoms with Gasteiger partial charge in [0.15, 0.2) is 16.4 Å². The molecule has 0 aliphatic carbocycles. The first-order valence-electron chi connectivity index (χ1n) is 18.3. The Morgan fingerprint density at radius 1 is 0.661 bits per heavy atom. The molecule has 288 valence electrons. The summed E-state index contributed by atoms with van der Waals surface area (Å²) < 4.78 is 36.7. The van der Waals surface area contributed by atoms with Gasteiger partial charge in [-0.3, -0.25) is 9.59 Å². The Hall–Kier alpha value is -5.46. The van der Waals surface area contributed by atoms with Crippen molar-refractivity contribution in [2.24, 2.45) is 0 Å². The van der Waals surface area contributed by atoms with Gasteiger partial charge in [-0.1, -0.05) is 40.0 Å². The van der Waals surface area contributed by atoms with Crippen LogP contribution in [0.3, 0.4) is 0 Å². The lowest BCUT2D eigenvalue weighted by Crippen LogP contribution is -2.13. The summed E-state index contributed by atoms with van der Waals surface area (Å²) in [6, 6.07) is 26.4. The minimum absolute atomic E-state index is 0.0572. The Morgan fingerprint density at radius 3 is 2.04 bits per heavy atom. The molecule has 7 aromatic rings. The summed E-state index contributed by atoms with van der Waals surface area (Å²) in [6.45, 7) is 5.28. The van der Waals surface area contributed by atoms with E-state index < -0.39 is 0 Å². The van der Waals surface area contributed by atoms with Crippen LogP contribution >= 0.6 is 23.2 Å². The first-order valence-corrected chi connectivity index (χ1v) is 19.0. The van der Waals surface area contributed by atoms with Gasteiger partial charge in [0.2, 0.25) is 0 Å². The van der Waals surface area contributed by atoms with E-state index in [2.05, 4.69) is 10.3 Å². The van der Waals surface area contributed by atoms with Crippen molar-refractivity contribution in [1.29, 1.82) is 0 Å². The fraction of sp³-hybridized carbons (Fsp3) is 0.256. The first kappa shape index (κ1) is 38.8. The van der Waals surface area contributed by atoms with Crippen LogP contribution in [0.5, 0.6) is 11.5 Å². The fourth-order valence-electron chi connectivity index (χ4n) is 6.03. The van der Waals surface area contributed by atoms with Crippen LogP contribution < -0.4 is 20.3 Å². The maximum absolute atomic E-state index is 12.6. The van der Waals surface area contributed by atoms with Crippen LogP contribution in [0.1, 0.15) is 24.1 Å².